The molecule has 0 spiro atoms. The summed E-state index contributed by atoms with van der Waals surface area (Å²) >= 11 is 0. The van der Waals surface area contributed by atoms with Crippen LogP contribution in [0.5, 0.6) is 0 Å². The lowest BCUT2D eigenvalue weighted by Gasteiger charge is -2.20. The molecule has 1 saturated carbocycles. The number of hydrogen-bond donors (Lipinski definition) is 1. The van der Waals surface area contributed by atoms with Gasteiger partial charge in [0.05, 0.1) is 5.69 Å². The normalized spacial score (nSPS) is 16.0. The van der Waals surface area contributed by atoms with Gasteiger partial charge in [-0.15, -0.1) is 0 Å². The molecule has 0 amide bonds. The van der Waals surface area contributed by atoms with Crippen molar-refractivity contribution in [1.82, 2.24) is 9.78 Å². The predicted octanol–water partition coefficient (Wildman–Crippen LogP) is 3.43. The molecule has 0 atom stereocenters. The minimum absolute atomic E-state index is 0.182. The molecule has 1 aliphatic carbocycles. The SMILES string of the molecule is Cn1nccc1-c1cc(C(=O)C2CCCCC2)ccc1N. The highest BCUT2D eigenvalue weighted by Crippen LogP contribution is 2.30. The zero-order valence-corrected chi connectivity index (χ0v) is 12.4. The van der Waals surface area contributed by atoms with Crippen molar-refractivity contribution in [3.63, 3.8) is 0 Å². The average molecular weight is 283 g/mol. The van der Waals surface area contributed by atoms with Crippen molar-refractivity contribution in [3.8, 4) is 11.3 Å². The summed E-state index contributed by atoms with van der Waals surface area (Å²) in [6.45, 7) is 0. The second-order valence-electron chi connectivity index (χ2n) is 5.84. The number of aryl methyl sites for hydroxylation is 1. The minimum atomic E-state index is 0.182. The summed E-state index contributed by atoms with van der Waals surface area (Å²) in [7, 11) is 1.88. The van der Waals surface area contributed by atoms with E-state index in [0.29, 0.717) is 5.69 Å². The fraction of sp³-hybridized carbons (Fsp3) is 0.412. The Labute approximate surface area is 125 Å². The molecule has 0 bridgehead atoms. The van der Waals surface area contributed by atoms with Gasteiger partial charge in [-0.3, -0.25) is 9.48 Å². The Hall–Kier alpha value is -2.10. The van der Waals surface area contributed by atoms with Crippen LogP contribution >= 0.6 is 0 Å². The van der Waals surface area contributed by atoms with E-state index in [-0.39, 0.29) is 11.7 Å². The van der Waals surface area contributed by atoms with Gasteiger partial charge in [0.1, 0.15) is 0 Å². The first-order valence-electron chi connectivity index (χ1n) is 7.59. The van der Waals surface area contributed by atoms with E-state index in [1.165, 1.54) is 19.3 Å². The Kier molecular flexibility index (Phi) is 3.78. The highest BCUT2D eigenvalue weighted by molar-refractivity contribution is 5.99. The molecule has 0 saturated heterocycles. The lowest BCUT2D eigenvalue weighted by Crippen LogP contribution is -2.18. The molecule has 1 heterocycles. The number of rotatable bonds is 3. The molecule has 1 aromatic carbocycles. The molecule has 3 rings (SSSR count). The summed E-state index contributed by atoms with van der Waals surface area (Å²) in [5.41, 5.74) is 9.35. The molecule has 2 N–H and O–H groups in total. The zero-order chi connectivity index (χ0) is 14.8. The number of anilines is 1. The monoisotopic (exact) mass is 283 g/mol. The Morgan fingerprint density at radius 1 is 1.24 bits per heavy atom. The molecule has 21 heavy (non-hydrogen) atoms. The van der Waals surface area contributed by atoms with Crippen molar-refractivity contribution in [1.29, 1.82) is 0 Å². The van der Waals surface area contributed by atoms with E-state index in [2.05, 4.69) is 5.10 Å². The molecule has 0 aliphatic heterocycles. The van der Waals surface area contributed by atoms with Gasteiger partial charge in [0, 0.05) is 36.0 Å². The van der Waals surface area contributed by atoms with Crippen LogP contribution in [0.4, 0.5) is 5.69 Å². The van der Waals surface area contributed by atoms with Crippen molar-refractivity contribution in [2.45, 2.75) is 32.1 Å². The van der Waals surface area contributed by atoms with Crippen LogP contribution in [0.3, 0.4) is 0 Å². The summed E-state index contributed by atoms with van der Waals surface area (Å²) in [4.78, 5) is 12.7. The summed E-state index contributed by atoms with van der Waals surface area (Å²) in [6, 6.07) is 7.52. The summed E-state index contributed by atoms with van der Waals surface area (Å²) in [5, 5.41) is 4.17. The number of hydrogen-bond acceptors (Lipinski definition) is 3. The van der Waals surface area contributed by atoms with Crippen molar-refractivity contribution < 1.29 is 4.79 Å². The van der Waals surface area contributed by atoms with Gasteiger partial charge in [0.15, 0.2) is 5.78 Å². The van der Waals surface area contributed by atoms with Gasteiger partial charge < -0.3 is 5.73 Å². The molecule has 1 fully saturated rings. The van der Waals surface area contributed by atoms with E-state index in [0.717, 1.165) is 29.7 Å². The largest absolute Gasteiger partial charge is 0.398 e. The minimum Gasteiger partial charge on any atom is -0.398 e. The molecule has 1 aliphatic rings. The number of nitrogens with zero attached hydrogens (tertiary/aromatic N) is 2. The van der Waals surface area contributed by atoms with Gasteiger partial charge in [-0.2, -0.15) is 5.10 Å². The predicted molar refractivity (Wildman–Crippen MR) is 84.0 cm³/mol. The number of aromatic nitrogens is 2. The average Bonchev–Trinajstić information content (AvgIpc) is 2.94. The Morgan fingerprint density at radius 3 is 2.67 bits per heavy atom. The van der Waals surface area contributed by atoms with Crippen LogP contribution in [0.15, 0.2) is 30.5 Å². The van der Waals surface area contributed by atoms with Gasteiger partial charge in [-0.05, 0) is 37.1 Å². The number of carbonyl (C=O) groups excluding carboxylic acids is 1. The van der Waals surface area contributed by atoms with Crippen LogP contribution in [0.1, 0.15) is 42.5 Å². The molecule has 110 valence electrons. The number of carbonyl (C=O) groups is 1. The molecular formula is C17H21N3O. The second kappa shape index (κ2) is 5.72. The molecule has 2 aromatic rings. The Morgan fingerprint density at radius 2 is 2.00 bits per heavy atom. The maximum Gasteiger partial charge on any atom is 0.165 e. The lowest BCUT2D eigenvalue weighted by atomic mass is 9.83. The number of nitrogen functional groups attached to an aromatic ring is 1. The summed E-state index contributed by atoms with van der Waals surface area (Å²) < 4.78 is 1.78. The van der Waals surface area contributed by atoms with Gasteiger partial charge in [0.25, 0.3) is 0 Å². The Bertz CT molecular complexity index is 654. The third-order valence-corrected chi connectivity index (χ3v) is 4.41. The van der Waals surface area contributed by atoms with E-state index in [4.69, 9.17) is 5.73 Å². The van der Waals surface area contributed by atoms with Crippen molar-refractivity contribution in [3.05, 3.63) is 36.0 Å². The fourth-order valence-corrected chi connectivity index (χ4v) is 3.17. The van der Waals surface area contributed by atoms with Gasteiger partial charge in [-0.1, -0.05) is 19.3 Å². The van der Waals surface area contributed by atoms with Gasteiger partial charge in [-0.25, -0.2) is 0 Å². The standard InChI is InChI=1S/C17H21N3O/c1-20-16(9-10-19-20)14-11-13(7-8-15(14)18)17(21)12-5-3-2-4-6-12/h7-12H,2-6,18H2,1H3. The van der Waals surface area contributed by atoms with E-state index in [9.17, 15) is 4.79 Å². The van der Waals surface area contributed by atoms with E-state index in [1.807, 2.05) is 31.3 Å². The van der Waals surface area contributed by atoms with Crippen LogP contribution < -0.4 is 5.73 Å². The molecule has 4 heteroatoms. The highest BCUT2D eigenvalue weighted by Gasteiger charge is 2.23. The molecule has 0 radical (unpaired) electrons. The smallest absolute Gasteiger partial charge is 0.165 e. The zero-order valence-electron chi connectivity index (χ0n) is 12.4. The van der Waals surface area contributed by atoms with Gasteiger partial charge in [0.2, 0.25) is 0 Å². The van der Waals surface area contributed by atoms with Crippen molar-refractivity contribution in [2.75, 3.05) is 5.73 Å². The first-order chi connectivity index (χ1) is 10.2. The number of nitrogens with two attached hydrogens (primary N) is 1. The third-order valence-electron chi connectivity index (χ3n) is 4.41. The first kappa shape index (κ1) is 13.9. The van der Waals surface area contributed by atoms with Crippen molar-refractivity contribution in [2.24, 2.45) is 13.0 Å². The van der Waals surface area contributed by atoms with Gasteiger partial charge >= 0.3 is 0 Å². The van der Waals surface area contributed by atoms with Crippen LogP contribution in [0.25, 0.3) is 11.3 Å². The summed E-state index contributed by atoms with van der Waals surface area (Å²) in [5.74, 6) is 0.444. The molecule has 1 aromatic heterocycles. The van der Waals surface area contributed by atoms with Crippen LogP contribution in [-0.4, -0.2) is 15.6 Å². The number of Topliss-reactive ketones (excluding diaryl/α,β-unsaturated/α-hetero) is 1. The van der Waals surface area contributed by atoms with E-state index in [1.54, 1.807) is 10.9 Å². The van der Waals surface area contributed by atoms with Crippen LogP contribution in [-0.2, 0) is 7.05 Å². The van der Waals surface area contributed by atoms with Crippen molar-refractivity contribution >= 4 is 11.5 Å². The van der Waals surface area contributed by atoms with E-state index >= 15 is 0 Å². The fourth-order valence-electron chi connectivity index (χ4n) is 3.17. The molecule has 0 unspecified atom stereocenters. The topological polar surface area (TPSA) is 60.9 Å². The second-order valence-corrected chi connectivity index (χ2v) is 5.84. The van der Waals surface area contributed by atoms with Crippen LogP contribution in [0, 0.1) is 5.92 Å². The maximum atomic E-state index is 12.7. The molecule has 4 nitrogen and oxygen atoms in total. The third kappa shape index (κ3) is 2.71. The van der Waals surface area contributed by atoms with E-state index < -0.39 is 0 Å². The number of benzene rings is 1. The highest BCUT2D eigenvalue weighted by atomic mass is 16.1. The Balaban J connectivity index is 1.94. The quantitative estimate of drug-likeness (QED) is 0.693. The maximum absolute atomic E-state index is 12.7. The summed E-state index contributed by atoms with van der Waals surface area (Å²) in [6.07, 6.45) is 7.37. The lowest BCUT2D eigenvalue weighted by molar-refractivity contribution is 0.0889. The molecular weight excluding hydrogens is 262 g/mol. The van der Waals surface area contributed by atoms with Crippen LogP contribution in [0.2, 0.25) is 0 Å². The number of ketones is 1. The first-order valence-corrected chi connectivity index (χ1v) is 7.59.